The summed E-state index contributed by atoms with van der Waals surface area (Å²) in [4.78, 5) is 0. The number of aryl methyl sites for hydroxylation is 2. The van der Waals surface area contributed by atoms with Gasteiger partial charge in [-0.2, -0.15) is 0 Å². The molecule has 0 spiro atoms. The number of benzene rings is 2. The lowest BCUT2D eigenvalue weighted by atomic mass is 9.85. The molecule has 2 aliphatic rings. The average Bonchev–Trinajstić information content (AvgIpc) is 3.05. The lowest BCUT2D eigenvalue weighted by Gasteiger charge is -2.28. The highest BCUT2D eigenvalue weighted by Crippen LogP contribution is 2.39. The molecule has 0 fully saturated rings. The van der Waals surface area contributed by atoms with E-state index in [9.17, 15) is 9.50 Å². The van der Waals surface area contributed by atoms with Crippen LogP contribution >= 0.6 is 0 Å². The Morgan fingerprint density at radius 2 is 1.83 bits per heavy atom. The number of fused-ring (bicyclic) bond motifs is 3. The highest BCUT2D eigenvalue weighted by Gasteiger charge is 2.30. The molecule has 2 atom stereocenters. The number of rotatable bonds is 3. The van der Waals surface area contributed by atoms with E-state index in [-0.39, 0.29) is 23.5 Å². The first-order chi connectivity index (χ1) is 14.6. The Hall–Kier alpha value is -3.41. The molecule has 5 rings (SSSR count). The number of aromatic hydroxyl groups is 1. The number of phenolic OH excluding ortho intramolecular Hbond substituents is 1. The Morgan fingerprint density at radius 3 is 2.60 bits per heavy atom. The Labute approximate surface area is 174 Å². The third-order valence-corrected chi connectivity index (χ3v) is 5.91. The number of nitrogens with one attached hydrogen (secondary N) is 1. The second-order valence-electron chi connectivity index (χ2n) is 7.89. The maximum absolute atomic E-state index is 13.4. The monoisotopic (exact) mass is 402 g/mol. The number of phenols is 1. The van der Waals surface area contributed by atoms with Crippen molar-refractivity contribution in [3.05, 3.63) is 89.3 Å². The molecule has 0 radical (unpaired) electrons. The van der Waals surface area contributed by atoms with Gasteiger partial charge in [0.15, 0.2) is 0 Å². The minimum absolute atomic E-state index is 0.0720. The largest absolute Gasteiger partial charge is 0.508 e. The van der Waals surface area contributed by atoms with Gasteiger partial charge in [-0.3, -0.25) is 4.57 Å². The highest BCUT2D eigenvalue weighted by atomic mass is 19.1. The molecule has 6 heteroatoms. The predicted molar refractivity (Wildman–Crippen MR) is 115 cm³/mol. The molecule has 2 heterocycles. The van der Waals surface area contributed by atoms with E-state index in [2.05, 4.69) is 32.2 Å². The molecule has 2 unspecified atom stereocenters. The lowest BCUT2D eigenvalue weighted by Crippen LogP contribution is -2.25. The van der Waals surface area contributed by atoms with Crippen LogP contribution in [0.2, 0.25) is 0 Å². The second kappa shape index (κ2) is 7.44. The van der Waals surface area contributed by atoms with E-state index in [1.165, 1.54) is 23.3 Å². The Bertz CT molecular complexity index is 1130. The Kier molecular flexibility index (Phi) is 4.62. The van der Waals surface area contributed by atoms with Crippen LogP contribution in [-0.2, 0) is 6.42 Å². The molecule has 30 heavy (non-hydrogen) atoms. The van der Waals surface area contributed by atoms with E-state index in [1.54, 1.807) is 24.3 Å². The van der Waals surface area contributed by atoms with Gasteiger partial charge in [0.05, 0.1) is 6.04 Å². The van der Waals surface area contributed by atoms with Crippen molar-refractivity contribution in [2.45, 2.75) is 38.1 Å². The summed E-state index contributed by atoms with van der Waals surface area (Å²) >= 11 is 0. The quantitative estimate of drug-likeness (QED) is 0.660. The fourth-order valence-corrected chi connectivity index (χ4v) is 4.40. The van der Waals surface area contributed by atoms with Gasteiger partial charge >= 0.3 is 0 Å². The zero-order valence-corrected chi connectivity index (χ0v) is 16.7. The van der Waals surface area contributed by atoms with Crippen LogP contribution in [0.3, 0.4) is 0 Å². The van der Waals surface area contributed by atoms with Crippen molar-refractivity contribution in [2.24, 2.45) is 0 Å². The summed E-state index contributed by atoms with van der Waals surface area (Å²) in [6.07, 6.45) is 7.11. The Balaban J connectivity index is 1.55. The molecule has 2 N–H and O–H groups in total. The van der Waals surface area contributed by atoms with Crippen LogP contribution in [0.1, 0.15) is 36.0 Å². The third-order valence-electron chi connectivity index (χ3n) is 5.91. The smallest absolute Gasteiger partial charge is 0.137 e. The normalized spacial score (nSPS) is 20.5. The molecule has 1 aliphatic heterocycles. The average molecular weight is 402 g/mol. The SMILES string of the molecule is Cc1nnc2n1C1=CCC(c3ccc(O)cc3)C=C1C(Nc1ccc(F)cc1)CC2. The van der Waals surface area contributed by atoms with Gasteiger partial charge < -0.3 is 10.4 Å². The number of allylic oxidation sites excluding steroid dienone is 2. The van der Waals surface area contributed by atoms with Crippen LogP contribution in [0.4, 0.5) is 10.1 Å². The standard InChI is InChI=1S/C24H23FN4O/c1-15-27-28-24-13-11-22(26-19-7-5-18(25)6-8-19)21-14-17(4-12-23(21)29(15)24)16-2-9-20(30)10-3-16/h2-3,5-10,12,14,17,22,26,30H,4,11,13H2,1H3. The van der Waals surface area contributed by atoms with E-state index in [1.807, 2.05) is 19.1 Å². The number of hydrogen-bond acceptors (Lipinski definition) is 4. The molecule has 1 aliphatic carbocycles. The van der Waals surface area contributed by atoms with Crippen LogP contribution in [0, 0.1) is 12.7 Å². The van der Waals surface area contributed by atoms with Crippen molar-refractivity contribution in [3.63, 3.8) is 0 Å². The maximum Gasteiger partial charge on any atom is 0.137 e. The van der Waals surface area contributed by atoms with Crippen molar-refractivity contribution in [2.75, 3.05) is 5.32 Å². The summed E-state index contributed by atoms with van der Waals surface area (Å²) in [6, 6.07) is 14.0. The van der Waals surface area contributed by atoms with E-state index < -0.39 is 0 Å². The first kappa shape index (κ1) is 18.6. The summed E-state index contributed by atoms with van der Waals surface area (Å²) in [5.41, 5.74) is 4.38. The van der Waals surface area contributed by atoms with Gasteiger partial charge in [0, 0.05) is 23.7 Å². The minimum atomic E-state index is -0.242. The molecule has 5 nitrogen and oxygen atoms in total. The maximum atomic E-state index is 13.4. The molecule has 0 amide bonds. The van der Waals surface area contributed by atoms with E-state index in [0.717, 1.165) is 42.3 Å². The van der Waals surface area contributed by atoms with Gasteiger partial charge in [-0.05, 0) is 67.3 Å². The summed E-state index contributed by atoms with van der Waals surface area (Å²) in [5, 5.41) is 21.9. The molecule has 2 aromatic carbocycles. The van der Waals surface area contributed by atoms with Crippen LogP contribution in [0.15, 0.2) is 66.3 Å². The molecule has 0 bridgehead atoms. The zero-order valence-electron chi connectivity index (χ0n) is 16.7. The van der Waals surface area contributed by atoms with Gasteiger partial charge in [0.1, 0.15) is 23.2 Å². The number of nitrogens with zero attached hydrogens (tertiary/aromatic N) is 3. The molecule has 0 saturated heterocycles. The number of anilines is 1. The number of aromatic nitrogens is 3. The van der Waals surface area contributed by atoms with E-state index in [0.29, 0.717) is 0 Å². The van der Waals surface area contributed by atoms with E-state index >= 15 is 0 Å². The first-order valence-electron chi connectivity index (χ1n) is 10.2. The molecule has 1 aromatic heterocycles. The third kappa shape index (κ3) is 3.38. The summed E-state index contributed by atoms with van der Waals surface area (Å²) < 4.78 is 15.5. The molecule has 0 saturated carbocycles. The van der Waals surface area contributed by atoms with Crippen molar-refractivity contribution in [1.29, 1.82) is 0 Å². The lowest BCUT2D eigenvalue weighted by molar-refractivity contribution is 0.475. The number of halogens is 1. The first-order valence-corrected chi connectivity index (χ1v) is 10.2. The minimum Gasteiger partial charge on any atom is -0.508 e. The van der Waals surface area contributed by atoms with Crippen molar-refractivity contribution >= 4 is 11.4 Å². The summed E-state index contributed by atoms with van der Waals surface area (Å²) in [6.45, 7) is 1.98. The molecule has 152 valence electrons. The number of hydrogen-bond donors (Lipinski definition) is 2. The van der Waals surface area contributed by atoms with Gasteiger partial charge in [0.2, 0.25) is 0 Å². The predicted octanol–water partition coefficient (Wildman–Crippen LogP) is 4.81. The van der Waals surface area contributed by atoms with Crippen molar-refractivity contribution in [1.82, 2.24) is 14.8 Å². The van der Waals surface area contributed by atoms with Crippen molar-refractivity contribution in [3.8, 4) is 5.75 Å². The van der Waals surface area contributed by atoms with Crippen LogP contribution in [0.5, 0.6) is 5.75 Å². The molecular weight excluding hydrogens is 379 g/mol. The van der Waals surface area contributed by atoms with Gasteiger partial charge in [-0.1, -0.05) is 24.3 Å². The fourth-order valence-electron chi connectivity index (χ4n) is 4.40. The van der Waals surface area contributed by atoms with Crippen LogP contribution < -0.4 is 5.32 Å². The van der Waals surface area contributed by atoms with Crippen molar-refractivity contribution < 1.29 is 9.50 Å². The van der Waals surface area contributed by atoms with Gasteiger partial charge in [-0.25, -0.2) is 4.39 Å². The van der Waals surface area contributed by atoms with E-state index in [4.69, 9.17) is 0 Å². The second-order valence-corrected chi connectivity index (χ2v) is 7.89. The van der Waals surface area contributed by atoms with Gasteiger partial charge in [0.25, 0.3) is 0 Å². The highest BCUT2D eigenvalue weighted by molar-refractivity contribution is 5.72. The van der Waals surface area contributed by atoms with Crippen LogP contribution in [0.25, 0.3) is 5.70 Å². The fraction of sp³-hybridized carbons (Fsp3) is 0.250. The molecule has 3 aromatic rings. The summed E-state index contributed by atoms with van der Waals surface area (Å²) in [7, 11) is 0. The zero-order chi connectivity index (χ0) is 20.7. The Morgan fingerprint density at radius 1 is 1.07 bits per heavy atom. The molecular formula is C24H23FN4O. The van der Waals surface area contributed by atoms with Gasteiger partial charge in [-0.15, -0.1) is 10.2 Å². The topological polar surface area (TPSA) is 63.0 Å². The summed E-state index contributed by atoms with van der Waals surface area (Å²) in [5.74, 6) is 2.10. The van der Waals surface area contributed by atoms with Crippen LogP contribution in [-0.4, -0.2) is 25.9 Å².